The summed E-state index contributed by atoms with van der Waals surface area (Å²) in [5.74, 6) is -3.46. The molecule has 3 rings (SSSR count). The summed E-state index contributed by atoms with van der Waals surface area (Å²) in [5, 5.41) is 13.5. The molecule has 1 fully saturated rings. The molecule has 2 unspecified atom stereocenters. The molecule has 38 heavy (non-hydrogen) atoms. The van der Waals surface area contributed by atoms with Crippen LogP contribution in [-0.2, 0) is 11.0 Å². The van der Waals surface area contributed by atoms with E-state index in [1.807, 2.05) is 13.8 Å². The molecule has 2 aromatic rings. The van der Waals surface area contributed by atoms with Crippen LogP contribution in [0.2, 0.25) is 10.0 Å². The molecule has 0 saturated heterocycles. The number of carbonyl (C=O) groups excluding carboxylic acids is 2. The number of hydrogen-bond acceptors (Lipinski definition) is 4. The predicted octanol–water partition coefficient (Wildman–Crippen LogP) is 6.64. The lowest BCUT2D eigenvalue weighted by Crippen LogP contribution is -2.38. The molecule has 1 aliphatic rings. The summed E-state index contributed by atoms with van der Waals surface area (Å²) in [7, 11) is 0. The molecule has 1 aliphatic carbocycles. The topological polar surface area (TPSA) is 92.5 Å². The maximum absolute atomic E-state index is 14.3. The number of amides is 1. The van der Waals surface area contributed by atoms with Gasteiger partial charge in [0.05, 0.1) is 45.9 Å². The number of ketones is 1. The number of Topliss-reactive ketones (excluding diaryl/α,β-unsaturated/α-hetero) is 1. The molecule has 3 atom stereocenters. The smallest absolute Gasteiger partial charge is 0.433 e. The quantitative estimate of drug-likeness (QED) is 0.338. The van der Waals surface area contributed by atoms with Gasteiger partial charge in [-0.25, -0.2) is 0 Å². The fraction of sp³-hybridized carbons (Fsp3) is 0.538. The summed E-state index contributed by atoms with van der Waals surface area (Å²) in [4.78, 5) is 39.1. The molecule has 7 nitrogen and oxygen atoms in total. The van der Waals surface area contributed by atoms with Crippen molar-refractivity contribution in [1.29, 1.82) is 0 Å². The summed E-state index contributed by atoms with van der Waals surface area (Å²) < 4.78 is 43.8. The number of carboxylic acids is 1. The summed E-state index contributed by atoms with van der Waals surface area (Å²) >= 11 is 12.3. The van der Waals surface area contributed by atoms with Crippen LogP contribution < -0.4 is 0 Å². The van der Waals surface area contributed by atoms with Gasteiger partial charge in [0, 0.05) is 6.54 Å². The SMILES string of the molecule is CC(C)CCN(CC(=O)c1c(Cl)cccc1Cl)C(=O)c1cnn([C@H]2CCC(C(=O)O)C(C)C2)c1C(F)(F)F. The minimum absolute atomic E-state index is 0.00546. The van der Waals surface area contributed by atoms with E-state index < -0.39 is 53.6 Å². The number of carboxylic acid groups (broad SMARTS) is 1. The van der Waals surface area contributed by atoms with E-state index in [1.54, 1.807) is 13.0 Å². The van der Waals surface area contributed by atoms with Gasteiger partial charge in [-0.05, 0) is 49.7 Å². The van der Waals surface area contributed by atoms with Gasteiger partial charge in [0.1, 0.15) is 0 Å². The van der Waals surface area contributed by atoms with Crippen molar-refractivity contribution in [3.8, 4) is 0 Å². The van der Waals surface area contributed by atoms with Gasteiger partial charge in [0.2, 0.25) is 0 Å². The van der Waals surface area contributed by atoms with Crippen LogP contribution in [0.3, 0.4) is 0 Å². The number of alkyl halides is 3. The maximum atomic E-state index is 14.3. The Balaban J connectivity index is 1.96. The Labute approximate surface area is 228 Å². The molecule has 208 valence electrons. The third kappa shape index (κ3) is 6.69. The summed E-state index contributed by atoms with van der Waals surface area (Å²) in [6.45, 7) is 4.99. The molecule has 0 radical (unpaired) electrons. The number of benzene rings is 1. The highest BCUT2D eigenvalue weighted by molar-refractivity contribution is 6.40. The van der Waals surface area contributed by atoms with Crippen LogP contribution in [-0.4, -0.2) is 50.5 Å². The van der Waals surface area contributed by atoms with Gasteiger partial charge in [-0.1, -0.05) is 50.0 Å². The standard InChI is InChI=1S/C26H30Cl2F3N3O4/c1-14(2)9-10-33(13-21(35)22-19(27)5-4-6-20(22)28)24(36)18-12-32-34(23(18)26(29,30)31)16-7-8-17(25(37)38)15(3)11-16/h4-6,12,14-17H,7-11,13H2,1-3H3,(H,37,38)/t15?,16-,17?/m0/s1. The molecule has 1 amide bonds. The molecular weight excluding hydrogens is 546 g/mol. The highest BCUT2D eigenvalue weighted by atomic mass is 35.5. The lowest BCUT2D eigenvalue weighted by Gasteiger charge is -2.33. The molecule has 0 aliphatic heterocycles. The van der Waals surface area contributed by atoms with Gasteiger partial charge >= 0.3 is 12.1 Å². The van der Waals surface area contributed by atoms with Crippen molar-refractivity contribution < 1.29 is 32.7 Å². The second kappa shape index (κ2) is 12.1. The molecule has 0 bridgehead atoms. The number of nitrogens with zero attached hydrogens (tertiary/aromatic N) is 3. The average Bonchev–Trinajstić information content (AvgIpc) is 3.26. The molecule has 1 N–H and O–H groups in total. The normalized spacial score (nSPS) is 20.0. The first kappa shape index (κ1) is 30.0. The zero-order valence-electron chi connectivity index (χ0n) is 21.3. The first-order valence-corrected chi connectivity index (χ1v) is 13.1. The Bertz CT molecular complexity index is 1180. The Morgan fingerprint density at radius 2 is 1.82 bits per heavy atom. The van der Waals surface area contributed by atoms with E-state index in [9.17, 15) is 32.7 Å². The Morgan fingerprint density at radius 3 is 2.34 bits per heavy atom. The number of aliphatic carboxylic acids is 1. The van der Waals surface area contributed by atoms with E-state index in [-0.39, 0.29) is 53.3 Å². The summed E-state index contributed by atoms with van der Waals surface area (Å²) in [6, 6.07) is 3.77. The molecule has 1 saturated carbocycles. The first-order valence-electron chi connectivity index (χ1n) is 12.4. The van der Waals surface area contributed by atoms with Crippen molar-refractivity contribution in [3.63, 3.8) is 0 Å². The van der Waals surface area contributed by atoms with Crippen molar-refractivity contribution in [2.24, 2.45) is 17.8 Å². The highest BCUT2D eigenvalue weighted by Gasteiger charge is 2.44. The summed E-state index contributed by atoms with van der Waals surface area (Å²) in [6.07, 6.45) is -3.02. The van der Waals surface area contributed by atoms with Crippen molar-refractivity contribution in [3.05, 3.63) is 51.3 Å². The van der Waals surface area contributed by atoms with Crippen LogP contribution in [0.4, 0.5) is 13.2 Å². The predicted molar refractivity (Wildman–Crippen MR) is 137 cm³/mol. The Hall–Kier alpha value is -2.59. The van der Waals surface area contributed by atoms with E-state index in [0.717, 1.165) is 15.8 Å². The number of hydrogen-bond donors (Lipinski definition) is 1. The second-order valence-corrected chi connectivity index (χ2v) is 11.0. The van der Waals surface area contributed by atoms with E-state index in [0.29, 0.717) is 6.42 Å². The second-order valence-electron chi connectivity index (χ2n) is 10.2. The number of rotatable bonds is 9. The molecule has 1 aromatic carbocycles. The van der Waals surface area contributed by atoms with Crippen LogP contribution in [0.5, 0.6) is 0 Å². The number of carbonyl (C=O) groups is 3. The van der Waals surface area contributed by atoms with Crippen LogP contribution >= 0.6 is 23.2 Å². The van der Waals surface area contributed by atoms with Crippen molar-refractivity contribution >= 4 is 40.9 Å². The summed E-state index contributed by atoms with van der Waals surface area (Å²) in [5.41, 5.74) is -1.87. The van der Waals surface area contributed by atoms with Gasteiger partial charge in [-0.3, -0.25) is 19.1 Å². The van der Waals surface area contributed by atoms with Gasteiger partial charge < -0.3 is 10.0 Å². The van der Waals surface area contributed by atoms with E-state index in [2.05, 4.69) is 5.10 Å². The van der Waals surface area contributed by atoms with Gasteiger partial charge in [0.15, 0.2) is 11.5 Å². The Kier molecular flexibility index (Phi) is 9.52. The third-order valence-electron chi connectivity index (χ3n) is 6.94. The van der Waals surface area contributed by atoms with Crippen molar-refractivity contribution in [1.82, 2.24) is 14.7 Å². The zero-order valence-corrected chi connectivity index (χ0v) is 22.8. The fourth-order valence-electron chi connectivity index (χ4n) is 4.89. The highest BCUT2D eigenvalue weighted by Crippen LogP contribution is 2.41. The lowest BCUT2D eigenvalue weighted by molar-refractivity contribution is -0.149. The number of aromatic nitrogens is 2. The minimum atomic E-state index is -4.91. The fourth-order valence-corrected chi connectivity index (χ4v) is 5.50. The van der Waals surface area contributed by atoms with Crippen LogP contribution in [0.25, 0.3) is 0 Å². The molecule has 1 aromatic heterocycles. The third-order valence-corrected chi connectivity index (χ3v) is 7.57. The van der Waals surface area contributed by atoms with Crippen LogP contribution in [0.15, 0.2) is 24.4 Å². The van der Waals surface area contributed by atoms with Crippen LogP contribution in [0, 0.1) is 17.8 Å². The number of halogens is 5. The van der Waals surface area contributed by atoms with E-state index in [1.165, 1.54) is 12.1 Å². The van der Waals surface area contributed by atoms with E-state index in [4.69, 9.17) is 23.2 Å². The van der Waals surface area contributed by atoms with Crippen molar-refractivity contribution in [2.45, 2.75) is 58.7 Å². The molecule has 12 heteroatoms. The van der Waals surface area contributed by atoms with Gasteiger partial charge in [-0.15, -0.1) is 0 Å². The minimum Gasteiger partial charge on any atom is -0.481 e. The maximum Gasteiger partial charge on any atom is 0.433 e. The largest absolute Gasteiger partial charge is 0.481 e. The first-order chi connectivity index (χ1) is 17.7. The van der Waals surface area contributed by atoms with Crippen molar-refractivity contribution in [2.75, 3.05) is 13.1 Å². The van der Waals surface area contributed by atoms with Gasteiger partial charge in [0.25, 0.3) is 5.91 Å². The zero-order chi connectivity index (χ0) is 28.4. The molecular formula is C26H30Cl2F3N3O4. The Morgan fingerprint density at radius 1 is 1.18 bits per heavy atom. The molecule has 0 spiro atoms. The van der Waals surface area contributed by atoms with Gasteiger partial charge in [-0.2, -0.15) is 18.3 Å². The monoisotopic (exact) mass is 575 g/mol. The lowest BCUT2D eigenvalue weighted by atomic mass is 9.78. The van der Waals surface area contributed by atoms with Crippen LogP contribution in [0.1, 0.15) is 78.9 Å². The van der Waals surface area contributed by atoms with E-state index >= 15 is 0 Å². The molecule has 1 heterocycles. The average molecular weight is 576 g/mol.